The van der Waals surface area contributed by atoms with Gasteiger partial charge in [-0.3, -0.25) is 13.9 Å². The Kier molecular flexibility index (Phi) is 9.28. The standard InChI is InChI=1S/C24H33N3O5S/c1-6-20(24(29)25-7-2)26(16-19-11-9-8-10-12-19)23(28)17-27(33(5,30)31)21-15-18(3)13-14-22(21)32-4/h8-15,20H,6-7,16-17H2,1-5H3,(H,25,29). The van der Waals surface area contributed by atoms with Crippen molar-refractivity contribution in [3.8, 4) is 5.75 Å². The quantitative estimate of drug-likeness (QED) is 0.539. The summed E-state index contributed by atoms with van der Waals surface area (Å²) in [5, 5.41) is 2.77. The highest BCUT2D eigenvalue weighted by atomic mass is 32.2. The molecule has 9 heteroatoms. The van der Waals surface area contributed by atoms with Crippen LogP contribution >= 0.6 is 0 Å². The van der Waals surface area contributed by atoms with E-state index in [1.807, 2.05) is 51.1 Å². The maximum Gasteiger partial charge on any atom is 0.244 e. The van der Waals surface area contributed by atoms with Gasteiger partial charge in [0.25, 0.3) is 0 Å². The van der Waals surface area contributed by atoms with Crippen molar-refractivity contribution in [3.63, 3.8) is 0 Å². The van der Waals surface area contributed by atoms with Gasteiger partial charge >= 0.3 is 0 Å². The van der Waals surface area contributed by atoms with Crippen LogP contribution in [0, 0.1) is 6.92 Å². The topological polar surface area (TPSA) is 96.0 Å². The Bertz CT molecular complexity index is 1060. The Morgan fingerprint density at radius 1 is 1.09 bits per heavy atom. The van der Waals surface area contributed by atoms with Crippen molar-refractivity contribution < 1.29 is 22.7 Å². The van der Waals surface area contributed by atoms with Crippen LogP contribution < -0.4 is 14.4 Å². The largest absolute Gasteiger partial charge is 0.495 e. The lowest BCUT2D eigenvalue weighted by Crippen LogP contribution is -2.52. The molecule has 33 heavy (non-hydrogen) atoms. The number of anilines is 1. The predicted molar refractivity (Wildman–Crippen MR) is 130 cm³/mol. The average molecular weight is 476 g/mol. The SMILES string of the molecule is CCNC(=O)C(CC)N(Cc1ccccc1)C(=O)CN(c1cc(C)ccc1OC)S(C)(=O)=O. The van der Waals surface area contributed by atoms with Gasteiger partial charge in [0, 0.05) is 13.1 Å². The third kappa shape index (κ3) is 6.95. The maximum atomic E-state index is 13.6. The first-order valence-corrected chi connectivity index (χ1v) is 12.7. The van der Waals surface area contributed by atoms with Crippen molar-refractivity contribution in [2.24, 2.45) is 0 Å². The van der Waals surface area contributed by atoms with Gasteiger partial charge in [0.2, 0.25) is 21.8 Å². The van der Waals surface area contributed by atoms with E-state index in [9.17, 15) is 18.0 Å². The number of methoxy groups -OCH3 is 1. The number of hydrogen-bond donors (Lipinski definition) is 1. The van der Waals surface area contributed by atoms with E-state index >= 15 is 0 Å². The van der Waals surface area contributed by atoms with Gasteiger partial charge in [-0.25, -0.2) is 8.42 Å². The maximum absolute atomic E-state index is 13.6. The predicted octanol–water partition coefficient (Wildman–Crippen LogP) is 2.71. The summed E-state index contributed by atoms with van der Waals surface area (Å²) in [7, 11) is -2.38. The number of aryl methyl sites for hydroxylation is 1. The van der Waals surface area contributed by atoms with E-state index in [-0.39, 0.29) is 18.1 Å². The lowest BCUT2D eigenvalue weighted by Gasteiger charge is -2.33. The first-order valence-electron chi connectivity index (χ1n) is 10.9. The molecule has 0 saturated carbocycles. The van der Waals surface area contributed by atoms with Crippen LogP contribution in [0.2, 0.25) is 0 Å². The average Bonchev–Trinajstić information content (AvgIpc) is 2.77. The summed E-state index contributed by atoms with van der Waals surface area (Å²) < 4.78 is 31.8. The minimum absolute atomic E-state index is 0.178. The number of carbonyl (C=O) groups excluding carboxylic acids is 2. The van der Waals surface area contributed by atoms with Crippen LogP contribution in [0.4, 0.5) is 5.69 Å². The summed E-state index contributed by atoms with van der Waals surface area (Å²) in [6.45, 7) is 5.61. The molecule has 0 heterocycles. The Morgan fingerprint density at radius 2 is 1.76 bits per heavy atom. The monoisotopic (exact) mass is 475 g/mol. The van der Waals surface area contributed by atoms with E-state index in [1.54, 1.807) is 18.2 Å². The molecule has 1 unspecified atom stereocenters. The lowest BCUT2D eigenvalue weighted by atomic mass is 10.1. The Morgan fingerprint density at radius 3 is 2.30 bits per heavy atom. The van der Waals surface area contributed by atoms with Gasteiger partial charge in [-0.1, -0.05) is 43.3 Å². The second kappa shape index (κ2) is 11.7. The summed E-state index contributed by atoms with van der Waals surface area (Å²) in [6, 6.07) is 13.7. The molecular formula is C24H33N3O5S. The normalized spacial score (nSPS) is 12.0. The first kappa shape index (κ1) is 26.2. The molecule has 0 saturated heterocycles. The number of rotatable bonds is 11. The molecule has 1 N–H and O–H groups in total. The van der Waals surface area contributed by atoms with Crippen LogP contribution in [-0.2, 0) is 26.2 Å². The van der Waals surface area contributed by atoms with Gasteiger partial charge in [0.15, 0.2) is 0 Å². The number of nitrogens with zero attached hydrogens (tertiary/aromatic N) is 2. The molecular weight excluding hydrogens is 442 g/mol. The Hall–Kier alpha value is -3.07. The summed E-state index contributed by atoms with van der Waals surface area (Å²) in [6.07, 6.45) is 1.43. The fourth-order valence-electron chi connectivity index (χ4n) is 3.58. The van der Waals surface area contributed by atoms with Gasteiger partial charge in [-0.15, -0.1) is 0 Å². The van der Waals surface area contributed by atoms with Gasteiger partial charge < -0.3 is 15.0 Å². The number of benzene rings is 2. The molecule has 1 atom stereocenters. The van der Waals surface area contributed by atoms with Crippen LogP contribution in [-0.4, -0.2) is 57.6 Å². The van der Waals surface area contributed by atoms with Crippen molar-refractivity contribution in [3.05, 3.63) is 59.7 Å². The molecule has 8 nitrogen and oxygen atoms in total. The minimum atomic E-state index is -3.83. The molecule has 0 spiro atoms. The molecule has 2 aromatic rings. The van der Waals surface area contributed by atoms with Crippen molar-refractivity contribution >= 4 is 27.5 Å². The number of sulfonamides is 1. The molecule has 0 aliphatic rings. The fraction of sp³-hybridized carbons (Fsp3) is 0.417. The van der Waals surface area contributed by atoms with Crippen LogP contribution in [0.15, 0.2) is 48.5 Å². The van der Waals surface area contributed by atoms with Crippen LogP contribution in [0.3, 0.4) is 0 Å². The van der Waals surface area contributed by atoms with Crippen molar-refractivity contribution in [1.29, 1.82) is 0 Å². The molecule has 180 valence electrons. The van der Waals surface area contributed by atoms with Gasteiger partial charge in [0.05, 0.1) is 19.1 Å². The Labute approximate surface area is 196 Å². The van der Waals surface area contributed by atoms with Crippen LogP contribution in [0.5, 0.6) is 5.75 Å². The molecule has 0 aliphatic heterocycles. The van der Waals surface area contributed by atoms with E-state index in [1.165, 1.54) is 12.0 Å². The fourth-order valence-corrected chi connectivity index (χ4v) is 4.43. The van der Waals surface area contributed by atoms with E-state index < -0.39 is 28.5 Å². The smallest absolute Gasteiger partial charge is 0.244 e. The zero-order chi connectivity index (χ0) is 24.6. The summed E-state index contributed by atoms with van der Waals surface area (Å²) in [4.78, 5) is 27.8. The molecule has 2 aromatic carbocycles. The van der Waals surface area contributed by atoms with Crippen molar-refractivity contribution in [2.45, 2.75) is 39.8 Å². The summed E-state index contributed by atoms with van der Waals surface area (Å²) in [5.74, 6) is -0.418. The molecule has 0 radical (unpaired) electrons. The molecule has 0 fully saturated rings. The third-order valence-corrected chi connectivity index (χ3v) is 6.34. The summed E-state index contributed by atoms with van der Waals surface area (Å²) >= 11 is 0. The zero-order valence-electron chi connectivity index (χ0n) is 19.9. The highest BCUT2D eigenvalue weighted by Crippen LogP contribution is 2.31. The number of nitrogens with one attached hydrogen (secondary N) is 1. The third-order valence-electron chi connectivity index (χ3n) is 5.21. The first-order chi connectivity index (χ1) is 15.6. The molecule has 0 aliphatic carbocycles. The van der Waals surface area contributed by atoms with Gasteiger partial charge in [-0.2, -0.15) is 0 Å². The van der Waals surface area contributed by atoms with E-state index in [0.717, 1.165) is 21.7 Å². The van der Waals surface area contributed by atoms with E-state index in [2.05, 4.69) is 5.32 Å². The highest BCUT2D eigenvalue weighted by Gasteiger charge is 2.32. The summed E-state index contributed by atoms with van der Waals surface area (Å²) in [5.41, 5.74) is 1.94. The minimum Gasteiger partial charge on any atom is -0.495 e. The molecule has 2 amide bonds. The van der Waals surface area contributed by atoms with Crippen LogP contribution in [0.1, 0.15) is 31.4 Å². The highest BCUT2D eigenvalue weighted by molar-refractivity contribution is 7.92. The zero-order valence-corrected chi connectivity index (χ0v) is 20.7. The number of carbonyl (C=O) groups is 2. The van der Waals surface area contributed by atoms with Crippen molar-refractivity contribution in [1.82, 2.24) is 10.2 Å². The number of likely N-dealkylation sites (N-methyl/N-ethyl adjacent to an activating group) is 1. The molecule has 0 aromatic heterocycles. The Balaban J connectivity index is 2.48. The van der Waals surface area contributed by atoms with E-state index in [4.69, 9.17) is 4.74 Å². The van der Waals surface area contributed by atoms with E-state index in [0.29, 0.717) is 18.7 Å². The number of ether oxygens (including phenoxy) is 1. The van der Waals surface area contributed by atoms with Crippen LogP contribution in [0.25, 0.3) is 0 Å². The number of hydrogen-bond acceptors (Lipinski definition) is 5. The molecule has 2 rings (SSSR count). The van der Waals surface area contributed by atoms with Gasteiger partial charge in [0.1, 0.15) is 18.3 Å². The van der Waals surface area contributed by atoms with Crippen molar-refractivity contribution in [2.75, 3.05) is 30.8 Å². The number of amides is 2. The molecule has 0 bridgehead atoms. The lowest BCUT2D eigenvalue weighted by molar-refractivity contribution is -0.140. The van der Waals surface area contributed by atoms with Gasteiger partial charge in [-0.05, 0) is 43.5 Å². The second-order valence-electron chi connectivity index (χ2n) is 7.77. The second-order valence-corrected chi connectivity index (χ2v) is 9.68.